The summed E-state index contributed by atoms with van der Waals surface area (Å²) >= 11 is 0. The summed E-state index contributed by atoms with van der Waals surface area (Å²) in [5.41, 5.74) is 6.62. The van der Waals surface area contributed by atoms with E-state index in [9.17, 15) is 12.8 Å². The maximum atomic E-state index is 13.9. The van der Waals surface area contributed by atoms with Crippen LogP contribution in [0.15, 0.2) is 29.4 Å². The number of nitrogen functional groups attached to an aromatic ring is 1. The van der Waals surface area contributed by atoms with Gasteiger partial charge in [0.05, 0.1) is 11.9 Å². The van der Waals surface area contributed by atoms with E-state index in [1.165, 1.54) is 12.4 Å². The minimum absolute atomic E-state index is 0.0926. The van der Waals surface area contributed by atoms with E-state index in [0.29, 0.717) is 5.56 Å². The molecule has 0 amide bonds. The molecule has 0 saturated carbocycles. The van der Waals surface area contributed by atoms with Crippen molar-refractivity contribution < 1.29 is 12.8 Å². The summed E-state index contributed by atoms with van der Waals surface area (Å²) in [4.78, 5) is -0.483. The van der Waals surface area contributed by atoms with Gasteiger partial charge in [0.1, 0.15) is 10.7 Å². The molecule has 8 heteroatoms. The average Bonchev–Trinajstić information content (AvgIpc) is 2.81. The maximum Gasteiger partial charge on any atom is 0.264 e. The number of nitrogens with zero attached hydrogens (tertiary/aromatic N) is 2. The van der Waals surface area contributed by atoms with Crippen LogP contribution in [0, 0.1) is 12.7 Å². The number of hydrogen-bond acceptors (Lipinski definition) is 4. The summed E-state index contributed by atoms with van der Waals surface area (Å²) in [6, 6.07) is 2.30. The van der Waals surface area contributed by atoms with Crippen molar-refractivity contribution in [2.45, 2.75) is 31.7 Å². The molecule has 21 heavy (non-hydrogen) atoms. The minimum atomic E-state index is -4.05. The second-order valence-electron chi connectivity index (χ2n) is 5.05. The average molecular weight is 312 g/mol. The van der Waals surface area contributed by atoms with Gasteiger partial charge in [0.15, 0.2) is 0 Å². The molecule has 0 bridgehead atoms. The Morgan fingerprint density at radius 3 is 2.62 bits per heavy atom. The van der Waals surface area contributed by atoms with Gasteiger partial charge < -0.3 is 5.73 Å². The molecular formula is C13H17FN4O2S. The molecule has 0 atom stereocenters. The molecule has 2 rings (SSSR count). The molecule has 1 aromatic heterocycles. The van der Waals surface area contributed by atoms with Crippen LogP contribution in [0.3, 0.4) is 0 Å². The Labute approximate surface area is 122 Å². The predicted octanol–water partition coefficient (Wildman–Crippen LogP) is 2.29. The van der Waals surface area contributed by atoms with E-state index in [1.807, 2.05) is 13.8 Å². The van der Waals surface area contributed by atoms with E-state index >= 15 is 0 Å². The summed E-state index contributed by atoms with van der Waals surface area (Å²) in [6.07, 6.45) is 2.91. The Hall–Kier alpha value is -2.09. The van der Waals surface area contributed by atoms with E-state index in [4.69, 9.17) is 5.73 Å². The van der Waals surface area contributed by atoms with Crippen LogP contribution >= 0.6 is 0 Å². The highest BCUT2D eigenvalue weighted by atomic mass is 32.2. The molecule has 1 aromatic carbocycles. The van der Waals surface area contributed by atoms with Crippen molar-refractivity contribution in [1.29, 1.82) is 0 Å². The molecule has 2 aromatic rings. The summed E-state index contributed by atoms with van der Waals surface area (Å²) in [6.45, 7) is 5.42. The molecule has 3 N–H and O–H groups in total. The minimum Gasteiger partial charge on any atom is -0.398 e. The van der Waals surface area contributed by atoms with Gasteiger partial charge in [-0.15, -0.1) is 0 Å². The zero-order chi connectivity index (χ0) is 15.8. The first-order chi connectivity index (χ1) is 9.70. The van der Waals surface area contributed by atoms with E-state index in [-0.39, 0.29) is 17.4 Å². The lowest BCUT2D eigenvalue weighted by atomic mass is 10.2. The fourth-order valence-electron chi connectivity index (χ4n) is 1.76. The Kier molecular flexibility index (Phi) is 3.91. The van der Waals surface area contributed by atoms with Gasteiger partial charge in [0, 0.05) is 17.9 Å². The summed E-state index contributed by atoms with van der Waals surface area (Å²) in [5, 5.41) is 4.02. The van der Waals surface area contributed by atoms with Crippen LogP contribution in [0.2, 0.25) is 0 Å². The first-order valence-electron chi connectivity index (χ1n) is 6.33. The molecule has 0 radical (unpaired) electrons. The number of nitrogens with one attached hydrogen (secondary N) is 1. The van der Waals surface area contributed by atoms with Crippen LogP contribution in [-0.2, 0) is 10.0 Å². The van der Waals surface area contributed by atoms with Crippen LogP contribution in [0.4, 0.5) is 15.8 Å². The third-order valence-corrected chi connectivity index (χ3v) is 4.39. The Bertz CT molecular complexity index is 768. The van der Waals surface area contributed by atoms with Crippen LogP contribution < -0.4 is 10.5 Å². The number of aryl methyl sites for hydroxylation is 1. The highest BCUT2D eigenvalue weighted by Gasteiger charge is 2.21. The number of benzene rings is 1. The summed E-state index contributed by atoms with van der Waals surface area (Å²) in [5.74, 6) is -0.842. The van der Waals surface area contributed by atoms with E-state index in [1.54, 1.807) is 11.6 Å². The number of halogens is 1. The number of hydrogen-bond donors (Lipinski definition) is 2. The van der Waals surface area contributed by atoms with Gasteiger partial charge in [0.25, 0.3) is 10.0 Å². The van der Waals surface area contributed by atoms with Gasteiger partial charge in [0.2, 0.25) is 0 Å². The first-order valence-corrected chi connectivity index (χ1v) is 7.81. The quantitative estimate of drug-likeness (QED) is 0.848. The second-order valence-corrected chi connectivity index (χ2v) is 6.70. The maximum absolute atomic E-state index is 13.9. The molecule has 0 unspecified atom stereocenters. The van der Waals surface area contributed by atoms with Crippen molar-refractivity contribution in [2.24, 2.45) is 0 Å². The van der Waals surface area contributed by atoms with Crippen LogP contribution in [0.25, 0.3) is 0 Å². The SMILES string of the molecule is Cc1cc(F)c(S(=O)(=O)Nc2cnn(C(C)C)c2)cc1N. The van der Waals surface area contributed by atoms with Gasteiger partial charge in [-0.3, -0.25) is 9.40 Å². The molecule has 114 valence electrons. The van der Waals surface area contributed by atoms with Gasteiger partial charge >= 0.3 is 0 Å². The third kappa shape index (κ3) is 3.15. The van der Waals surface area contributed by atoms with Crippen LogP contribution in [-0.4, -0.2) is 18.2 Å². The molecule has 0 aliphatic rings. The molecule has 1 heterocycles. The number of aromatic nitrogens is 2. The van der Waals surface area contributed by atoms with Crippen molar-refractivity contribution in [3.63, 3.8) is 0 Å². The standard InChI is InChI=1S/C13H17FN4O2S/c1-8(2)18-7-10(6-16-18)17-21(19,20)13-5-12(15)9(3)4-11(13)14/h4-8,17H,15H2,1-3H3. The molecular weight excluding hydrogens is 295 g/mol. The predicted molar refractivity (Wildman–Crippen MR) is 79.0 cm³/mol. The van der Waals surface area contributed by atoms with Gasteiger partial charge in [-0.25, -0.2) is 12.8 Å². The largest absolute Gasteiger partial charge is 0.398 e. The molecule has 6 nitrogen and oxygen atoms in total. The van der Waals surface area contributed by atoms with Crippen LogP contribution in [0.5, 0.6) is 0 Å². The zero-order valence-corrected chi connectivity index (χ0v) is 12.8. The molecule has 0 fully saturated rings. The molecule has 0 aliphatic heterocycles. The van der Waals surface area contributed by atoms with Crippen molar-refractivity contribution in [3.8, 4) is 0 Å². The lowest BCUT2D eigenvalue weighted by Crippen LogP contribution is -2.15. The number of rotatable bonds is 4. The number of anilines is 2. The van der Waals surface area contributed by atoms with Gasteiger partial charge in [-0.2, -0.15) is 5.10 Å². The third-order valence-electron chi connectivity index (χ3n) is 2.99. The lowest BCUT2D eigenvalue weighted by Gasteiger charge is -2.09. The van der Waals surface area contributed by atoms with Crippen LogP contribution in [0.1, 0.15) is 25.5 Å². The Morgan fingerprint density at radius 1 is 1.38 bits per heavy atom. The van der Waals surface area contributed by atoms with Crippen molar-refractivity contribution >= 4 is 21.4 Å². The summed E-state index contributed by atoms with van der Waals surface area (Å²) in [7, 11) is -4.05. The normalized spacial score (nSPS) is 11.9. The molecule has 0 saturated heterocycles. The van der Waals surface area contributed by atoms with E-state index in [0.717, 1.165) is 12.1 Å². The molecule has 0 spiro atoms. The monoisotopic (exact) mass is 312 g/mol. The highest BCUT2D eigenvalue weighted by Crippen LogP contribution is 2.23. The number of nitrogens with two attached hydrogens (primary N) is 1. The zero-order valence-electron chi connectivity index (χ0n) is 12.0. The second kappa shape index (κ2) is 5.36. The lowest BCUT2D eigenvalue weighted by molar-refractivity contribution is 0.532. The van der Waals surface area contributed by atoms with Crippen molar-refractivity contribution in [3.05, 3.63) is 35.9 Å². The Balaban J connectivity index is 2.36. The summed E-state index contributed by atoms with van der Waals surface area (Å²) < 4.78 is 42.2. The topological polar surface area (TPSA) is 90.0 Å². The molecule has 0 aliphatic carbocycles. The van der Waals surface area contributed by atoms with Crippen molar-refractivity contribution in [2.75, 3.05) is 10.5 Å². The Morgan fingerprint density at radius 2 is 2.05 bits per heavy atom. The fraction of sp³-hybridized carbons (Fsp3) is 0.308. The van der Waals surface area contributed by atoms with E-state index in [2.05, 4.69) is 9.82 Å². The smallest absolute Gasteiger partial charge is 0.264 e. The fourth-order valence-corrected chi connectivity index (χ4v) is 2.88. The van der Waals surface area contributed by atoms with Gasteiger partial charge in [-0.05, 0) is 38.5 Å². The highest BCUT2D eigenvalue weighted by molar-refractivity contribution is 7.92. The van der Waals surface area contributed by atoms with Crippen molar-refractivity contribution in [1.82, 2.24) is 9.78 Å². The van der Waals surface area contributed by atoms with Gasteiger partial charge in [-0.1, -0.05) is 0 Å². The van der Waals surface area contributed by atoms with E-state index < -0.39 is 20.7 Å². The number of sulfonamides is 1. The first kappa shape index (κ1) is 15.3.